The number of aliphatic hydroxyl groups excluding tert-OH is 1. The van der Waals surface area contributed by atoms with Gasteiger partial charge in [-0.25, -0.2) is 19.2 Å². The monoisotopic (exact) mass is 500 g/mol. The van der Waals surface area contributed by atoms with E-state index in [4.69, 9.17) is 9.57 Å². The standard InChI is InChI=1S/C23H21FN4O6S/c1-11-19-21(27-15-5-2-12(24)8-16(15)33-14-4-3-13(29)9-14)25-10-26-22(19)35-20(11)23(32)34-28-17(30)6-7-18(28)31/h2,5-8,10,13-14,29-31H,3-4,9H2,1H3,(H,25,26,27). The third-order valence-electron chi connectivity index (χ3n) is 5.73. The summed E-state index contributed by atoms with van der Waals surface area (Å²) in [6.45, 7) is 1.70. The Morgan fingerprint density at radius 1 is 1.20 bits per heavy atom. The topological polar surface area (TPSA) is 139 Å². The van der Waals surface area contributed by atoms with Crippen LogP contribution in [0.4, 0.5) is 15.9 Å². The number of hydrogen-bond donors (Lipinski definition) is 4. The molecular weight excluding hydrogens is 479 g/mol. The van der Waals surface area contributed by atoms with Crippen molar-refractivity contribution in [2.24, 2.45) is 0 Å². The van der Waals surface area contributed by atoms with Crippen molar-refractivity contribution in [2.75, 3.05) is 5.32 Å². The highest BCUT2D eigenvalue weighted by molar-refractivity contribution is 7.20. The number of thiophene rings is 1. The first-order chi connectivity index (χ1) is 16.8. The lowest BCUT2D eigenvalue weighted by molar-refractivity contribution is 0.0386. The first kappa shape index (κ1) is 22.9. The molecule has 1 saturated carbocycles. The van der Waals surface area contributed by atoms with Crippen LogP contribution in [0.1, 0.15) is 34.5 Å². The van der Waals surface area contributed by atoms with Gasteiger partial charge in [0.1, 0.15) is 39.5 Å². The Kier molecular flexibility index (Phi) is 5.91. The van der Waals surface area contributed by atoms with Gasteiger partial charge >= 0.3 is 5.97 Å². The van der Waals surface area contributed by atoms with Crippen LogP contribution in [0.5, 0.6) is 17.5 Å². The zero-order valence-corrected chi connectivity index (χ0v) is 19.3. The van der Waals surface area contributed by atoms with Crippen LogP contribution in [-0.4, -0.2) is 48.2 Å². The highest BCUT2D eigenvalue weighted by Gasteiger charge is 2.26. The number of carbonyl (C=O) groups excluding carboxylic acids is 1. The number of hydrogen-bond acceptors (Lipinski definition) is 10. The Bertz CT molecular complexity index is 1400. The zero-order valence-electron chi connectivity index (χ0n) is 18.4. The highest BCUT2D eigenvalue weighted by Crippen LogP contribution is 2.38. The normalized spacial score (nSPS) is 17.6. The summed E-state index contributed by atoms with van der Waals surface area (Å²) in [6, 6.07) is 6.45. The van der Waals surface area contributed by atoms with Crippen molar-refractivity contribution in [3.8, 4) is 17.5 Å². The molecule has 1 aliphatic rings. The van der Waals surface area contributed by atoms with Crippen LogP contribution in [0.2, 0.25) is 0 Å². The summed E-state index contributed by atoms with van der Waals surface area (Å²) in [5.41, 5.74) is 0.984. The molecule has 1 fully saturated rings. The molecule has 3 heterocycles. The summed E-state index contributed by atoms with van der Waals surface area (Å²) in [7, 11) is 0. The Labute approximate surface area is 202 Å². The van der Waals surface area contributed by atoms with E-state index in [9.17, 15) is 24.5 Å². The fraction of sp³-hybridized carbons (Fsp3) is 0.261. The Hall–Kier alpha value is -3.90. The molecule has 0 spiro atoms. The fourth-order valence-corrected chi connectivity index (χ4v) is 5.03. The maximum Gasteiger partial charge on any atom is 0.374 e. The molecule has 5 rings (SSSR count). The second-order valence-electron chi connectivity index (χ2n) is 8.15. The average Bonchev–Trinajstić information content (AvgIpc) is 3.49. The number of anilines is 2. The first-order valence-corrected chi connectivity index (χ1v) is 11.6. The van der Waals surface area contributed by atoms with Gasteiger partial charge in [-0.15, -0.1) is 16.1 Å². The van der Waals surface area contributed by atoms with E-state index < -0.39 is 29.7 Å². The van der Waals surface area contributed by atoms with Gasteiger partial charge in [-0.1, -0.05) is 0 Å². The lowest BCUT2D eigenvalue weighted by atomic mass is 10.2. The third-order valence-corrected chi connectivity index (χ3v) is 6.91. The summed E-state index contributed by atoms with van der Waals surface area (Å²) in [6.07, 6.45) is 2.42. The highest BCUT2D eigenvalue weighted by atomic mass is 32.1. The lowest BCUT2D eigenvalue weighted by Crippen LogP contribution is -2.18. The molecule has 182 valence electrons. The molecule has 1 aromatic carbocycles. The molecule has 4 N–H and O–H groups in total. The predicted molar refractivity (Wildman–Crippen MR) is 125 cm³/mol. The predicted octanol–water partition coefficient (Wildman–Crippen LogP) is 3.66. The largest absolute Gasteiger partial charge is 0.492 e. The van der Waals surface area contributed by atoms with E-state index in [-0.39, 0.29) is 16.7 Å². The quantitative estimate of drug-likeness (QED) is 0.312. The van der Waals surface area contributed by atoms with Crippen LogP contribution >= 0.6 is 11.3 Å². The first-order valence-electron chi connectivity index (χ1n) is 10.8. The molecule has 0 radical (unpaired) electrons. The molecule has 4 aromatic rings. The molecule has 0 saturated heterocycles. The Morgan fingerprint density at radius 3 is 2.69 bits per heavy atom. The molecule has 0 amide bonds. The van der Waals surface area contributed by atoms with Gasteiger partial charge in [0, 0.05) is 24.6 Å². The van der Waals surface area contributed by atoms with Gasteiger partial charge < -0.3 is 30.2 Å². The number of ether oxygens (including phenoxy) is 1. The average molecular weight is 501 g/mol. The van der Waals surface area contributed by atoms with Crippen LogP contribution in [0.3, 0.4) is 0 Å². The number of aromatic hydroxyl groups is 2. The summed E-state index contributed by atoms with van der Waals surface area (Å²) in [4.78, 5) is 27.2. The molecule has 0 aliphatic heterocycles. The van der Waals surface area contributed by atoms with Gasteiger partial charge in [0.05, 0.1) is 17.2 Å². The summed E-state index contributed by atoms with van der Waals surface area (Å²) in [5, 5.41) is 33.0. The number of fused-ring (bicyclic) bond motifs is 1. The minimum Gasteiger partial charge on any atom is -0.492 e. The number of aromatic nitrogens is 3. The number of aryl methyl sites for hydroxylation is 1. The molecule has 2 atom stereocenters. The van der Waals surface area contributed by atoms with E-state index in [1.54, 1.807) is 6.92 Å². The van der Waals surface area contributed by atoms with E-state index in [2.05, 4.69) is 15.3 Å². The van der Waals surface area contributed by atoms with Crippen molar-refractivity contribution >= 4 is 39.0 Å². The number of benzene rings is 1. The van der Waals surface area contributed by atoms with E-state index >= 15 is 0 Å². The van der Waals surface area contributed by atoms with E-state index in [1.165, 1.54) is 36.7 Å². The van der Waals surface area contributed by atoms with E-state index in [1.807, 2.05) is 0 Å². The second-order valence-corrected chi connectivity index (χ2v) is 9.15. The minimum atomic E-state index is -0.802. The smallest absolute Gasteiger partial charge is 0.374 e. The number of rotatable bonds is 6. The SMILES string of the molecule is Cc1c(C(=O)On2c(O)ccc2O)sc2ncnc(Nc3ccc(F)cc3OC3CCC(O)C3)c12. The molecule has 3 aromatic heterocycles. The second kappa shape index (κ2) is 9.04. The van der Waals surface area contributed by atoms with Crippen molar-refractivity contribution in [3.05, 3.63) is 52.9 Å². The van der Waals surface area contributed by atoms with Crippen LogP contribution in [0.15, 0.2) is 36.7 Å². The van der Waals surface area contributed by atoms with Gasteiger partial charge in [-0.2, -0.15) is 0 Å². The van der Waals surface area contributed by atoms with Crippen LogP contribution in [0.25, 0.3) is 10.2 Å². The number of nitrogens with one attached hydrogen (secondary N) is 1. The van der Waals surface area contributed by atoms with Crippen molar-refractivity contribution in [1.82, 2.24) is 14.7 Å². The van der Waals surface area contributed by atoms with E-state index in [0.717, 1.165) is 11.3 Å². The van der Waals surface area contributed by atoms with Crippen LogP contribution < -0.4 is 14.9 Å². The number of nitrogens with zero attached hydrogens (tertiary/aromatic N) is 3. The third kappa shape index (κ3) is 4.45. The van der Waals surface area contributed by atoms with Crippen molar-refractivity contribution in [3.63, 3.8) is 0 Å². The zero-order chi connectivity index (χ0) is 24.7. The summed E-state index contributed by atoms with van der Waals surface area (Å²) < 4.78 is 20.6. The molecule has 35 heavy (non-hydrogen) atoms. The van der Waals surface area contributed by atoms with Gasteiger partial charge in [0.25, 0.3) is 0 Å². The van der Waals surface area contributed by atoms with Crippen LogP contribution in [-0.2, 0) is 0 Å². The number of halogens is 1. The van der Waals surface area contributed by atoms with Gasteiger partial charge in [-0.05, 0) is 37.5 Å². The minimum absolute atomic E-state index is 0.201. The van der Waals surface area contributed by atoms with Gasteiger partial charge in [0.2, 0.25) is 11.8 Å². The molecule has 12 heteroatoms. The molecule has 0 bridgehead atoms. The maximum atomic E-state index is 14.0. The van der Waals surface area contributed by atoms with Gasteiger partial charge in [-0.3, -0.25) is 0 Å². The molecule has 2 unspecified atom stereocenters. The lowest BCUT2D eigenvalue weighted by Gasteiger charge is -2.18. The molecular formula is C23H21FN4O6S. The van der Waals surface area contributed by atoms with Crippen LogP contribution in [0, 0.1) is 12.7 Å². The van der Waals surface area contributed by atoms with Crippen molar-refractivity contribution in [2.45, 2.75) is 38.4 Å². The van der Waals surface area contributed by atoms with E-state index in [0.29, 0.717) is 51.3 Å². The Balaban J connectivity index is 1.46. The van der Waals surface area contributed by atoms with Crippen molar-refractivity contribution < 1.29 is 34.1 Å². The molecule has 10 nitrogen and oxygen atoms in total. The molecule has 1 aliphatic carbocycles. The fourth-order valence-electron chi connectivity index (χ4n) is 4.01. The number of aliphatic hydroxyl groups is 1. The maximum absolute atomic E-state index is 14.0. The Morgan fingerprint density at radius 2 is 1.97 bits per heavy atom. The summed E-state index contributed by atoms with van der Waals surface area (Å²) in [5.74, 6) is -1.49. The summed E-state index contributed by atoms with van der Waals surface area (Å²) >= 11 is 1.06. The number of carbonyl (C=O) groups is 1. The van der Waals surface area contributed by atoms with Crippen molar-refractivity contribution in [1.29, 1.82) is 0 Å². The van der Waals surface area contributed by atoms with Gasteiger partial charge in [0.15, 0.2) is 0 Å².